The Kier molecular flexibility index (Phi) is 8.71. The lowest BCUT2D eigenvalue weighted by molar-refractivity contribution is -0.140. The molecule has 2 rings (SSSR count). The predicted octanol–water partition coefficient (Wildman–Crippen LogP) is 2.93. The normalized spacial score (nSPS) is 19.2. The van der Waals surface area contributed by atoms with Crippen LogP contribution in [0.4, 0.5) is 13.2 Å². The van der Waals surface area contributed by atoms with Crippen LogP contribution in [0.3, 0.4) is 0 Å². The molecule has 0 spiro atoms. The molecule has 1 aromatic rings. The number of nitrogens with zero attached hydrogens (tertiary/aromatic N) is 3. The molecule has 0 aromatic carbocycles. The van der Waals surface area contributed by atoms with E-state index in [0.29, 0.717) is 17.0 Å². The first-order valence-electron chi connectivity index (χ1n) is 7.64. The number of rotatable bonds is 5. The summed E-state index contributed by atoms with van der Waals surface area (Å²) in [6.07, 6.45) is -2.04. The first-order valence-corrected chi connectivity index (χ1v) is 8.52. The predicted molar refractivity (Wildman–Crippen MR) is 101 cm³/mol. The zero-order valence-corrected chi connectivity index (χ0v) is 16.8. The van der Waals surface area contributed by atoms with E-state index in [9.17, 15) is 13.2 Å². The Morgan fingerprint density at radius 2 is 2.21 bits per heavy atom. The number of guanidine groups is 1. The van der Waals surface area contributed by atoms with Gasteiger partial charge in [-0.25, -0.2) is 4.98 Å². The summed E-state index contributed by atoms with van der Waals surface area (Å²) in [5.74, 6) is 0.580. The highest BCUT2D eigenvalue weighted by molar-refractivity contribution is 14.0. The van der Waals surface area contributed by atoms with Gasteiger partial charge in [0.1, 0.15) is 5.01 Å². The van der Waals surface area contributed by atoms with Gasteiger partial charge in [0, 0.05) is 25.0 Å². The third-order valence-electron chi connectivity index (χ3n) is 3.88. The van der Waals surface area contributed by atoms with E-state index in [4.69, 9.17) is 0 Å². The smallest absolute Gasteiger partial charge is 0.355 e. The fraction of sp³-hybridized carbons (Fsp3) is 0.714. The van der Waals surface area contributed by atoms with Crippen molar-refractivity contribution in [2.45, 2.75) is 38.5 Å². The molecule has 138 valence electrons. The molecular formula is C14H23F3IN5S. The molecule has 1 aliphatic heterocycles. The lowest BCUT2D eigenvalue weighted by Crippen LogP contribution is -2.44. The van der Waals surface area contributed by atoms with E-state index < -0.39 is 11.9 Å². The average Bonchev–Trinajstić information content (AvgIpc) is 3.15. The van der Waals surface area contributed by atoms with Crippen molar-refractivity contribution in [3.05, 3.63) is 16.1 Å². The lowest BCUT2D eigenvalue weighted by atomic mass is 10.2. The van der Waals surface area contributed by atoms with E-state index in [1.54, 1.807) is 7.05 Å². The molecule has 10 heteroatoms. The van der Waals surface area contributed by atoms with Gasteiger partial charge in [-0.05, 0) is 25.9 Å². The molecular weight excluding hydrogens is 454 g/mol. The second-order valence-electron chi connectivity index (χ2n) is 5.36. The van der Waals surface area contributed by atoms with Crippen LogP contribution >= 0.6 is 35.3 Å². The highest BCUT2D eigenvalue weighted by atomic mass is 127. The molecule has 5 nitrogen and oxygen atoms in total. The van der Waals surface area contributed by atoms with Crippen LogP contribution in [0.2, 0.25) is 0 Å². The van der Waals surface area contributed by atoms with E-state index in [2.05, 4.69) is 32.4 Å². The molecule has 1 saturated heterocycles. The number of alkyl halides is 3. The maximum Gasteiger partial charge on any atom is 0.434 e. The van der Waals surface area contributed by atoms with Gasteiger partial charge in [-0.15, -0.1) is 35.3 Å². The van der Waals surface area contributed by atoms with Crippen molar-refractivity contribution in [2.75, 3.05) is 26.7 Å². The van der Waals surface area contributed by atoms with Gasteiger partial charge in [0.25, 0.3) is 0 Å². The maximum absolute atomic E-state index is 12.5. The Morgan fingerprint density at radius 1 is 1.46 bits per heavy atom. The highest BCUT2D eigenvalue weighted by Gasteiger charge is 2.33. The number of halogens is 4. The molecule has 0 aliphatic carbocycles. The van der Waals surface area contributed by atoms with E-state index in [1.807, 2.05) is 0 Å². The number of hydrogen-bond acceptors (Lipinski definition) is 4. The Hall–Kier alpha value is -0.620. The maximum atomic E-state index is 12.5. The fourth-order valence-electron chi connectivity index (χ4n) is 2.66. The fourth-order valence-corrected chi connectivity index (χ4v) is 3.40. The van der Waals surface area contributed by atoms with E-state index >= 15 is 0 Å². The van der Waals surface area contributed by atoms with Crippen LogP contribution < -0.4 is 10.6 Å². The molecule has 2 N–H and O–H groups in total. The van der Waals surface area contributed by atoms with Gasteiger partial charge < -0.3 is 10.6 Å². The number of thiazole rings is 1. The minimum absolute atomic E-state index is 0. The van der Waals surface area contributed by atoms with E-state index in [1.165, 1.54) is 6.42 Å². The molecule has 1 atom stereocenters. The van der Waals surface area contributed by atoms with Crippen LogP contribution in [0.15, 0.2) is 10.4 Å². The lowest BCUT2D eigenvalue weighted by Gasteiger charge is -2.23. The minimum Gasteiger partial charge on any atom is -0.355 e. The van der Waals surface area contributed by atoms with Crippen molar-refractivity contribution in [3.63, 3.8) is 0 Å². The van der Waals surface area contributed by atoms with Crippen molar-refractivity contribution in [1.82, 2.24) is 20.5 Å². The van der Waals surface area contributed by atoms with Crippen molar-refractivity contribution < 1.29 is 13.2 Å². The molecule has 2 heterocycles. The number of aliphatic imine (C=N–C) groups is 1. The number of likely N-dealkylation sites (tertiary alicyclic amines) is 1. The zero-order chi connectivity index (χ0) is 16.9. The zero-order valence-electron chi connectivity index (χ0n) is 13.7. The Morgan fingerprint density at radius 3 is 2.79 bits per heavy atom. The number of aromatic nitrogens is 1. The van der Waals surface area contributed by atoms with Gasteiger partial charge in [0.05, 0.1) is 6.54 Å². The summed E-state index contributed by atoms with van der Waals surface area (Å²) in [6.45, 7) is 5.29. The highest BCUT2D eigenvalue weighted by Crippen LogP contribution is 2.29. The Labute approximate surface area is 161 Å². The molecule has 24 heavy (non-hydrogen) atoms. The topological polar surface area (TPSA) is 52.5 Å². The third-order valence-corrected chi connectivity index (χ3v) is 4.73. The Balaban J connectivity index is 0.00000288. The van der Waals surface area contributed by atoms with Gasteiger partial charge >= 0.3 is 6.18 Å². The molecule has 1 aliphatic rings. The second-order valence-corrected chi connectivity index (χ2v) is 6.30. The minimum atomic E-state index is -4.39. The number of likely N-dealkylation sites (N-methyl/N-ethyl adjacent to an activating group) is 1. The summed E-state index contributed by atoms with van der Waals surface area (Å²) in [5.41, 5.74) is -0.841. The number of nitrogens with one attached hydrogen (secondary N) is 2. The van der Waals surface area contributed by atoms with Crippen molar-refractivity contribution >= 4 is 41.3 Å². The molecule has 0 amide bonds. The summed E-state index contributed by atoms with van der Waals surface area (Å²) in [5, 5.41) is 7.66. The molecule has 1 aromatic heterocycles. The van der Waals surface area contributed by atoms with Gasteiger partial charge in [0.15, 0.2) is 11.7 Å². The standard InChI is InChI=1S/C14H22F3N5S.HI/c1-3-22-6-4-5-10(22)7-19-13(18-2)20-8-12-21-11(9-23-12)14(15,16)17;/h9-10H,3-8H2,1-2H3,(H2,18,19,20);1H. The third kappa shape index (κ3) is 6.03. The van der Waals surface area contributed by atoms with Crippen LogP contribution in [-0.4, -0.2) is 48.6 Å². The summed E-state index contributed by atoms with van der Waals surface area (Å²) in [6, 6.07) is 0.482. The van der Waals surface area contributed by atoms with Crippen molar-refractivity contribution in [2.24, 2.45) is 4.99 Å². The molecule has 1 fully saturated rings. The summed E-state index contributed by atoms with van der Waals surface area (Å²) >= 11 is 0.992. The molecule has 1 unspecified atom stereocenters. The molecule has 0 radical (unpaired) electrons. The van der Waals surface area contributed by atoms with Crippen LogP contribution in [0, 0.1) is 0 Å². The summed E-state index contributed by atoms with van der Waals surface area (Å²) in [4.78, 5) is 10.1. The monoisotopic (exact) mass is 477 g/mol. The first kappa shape index (κ1) is 21.4. The Bertz CT molecular complexity index is 535. The van der Waals surface area contributed by atoms with E-state index in [-0.39, 0.29) is 30.5 Å². The molecule has 0 bridgehead atoms. The van der Waals surface area contributed by atoms with Crippen molar-refractivity contribution in [1.29, 1.82) is 0 Å². The van der Waals surface area contributed by atoms with Crippen molar-refractivity contribution in [3.8, 4) is 0 Å². The van der Waals surface area contributed by atoms with Gasteiger partial charge in [-0.3, -0.25) is 9.89 Å². The average molecular weight is 477 g/mol. The second kappa shape index (κ2) is 9.76. The molecule has 0 saturated carbocycles. The summed E-state index contributed by atoms with van der Waals surface area (Å²) < 4.78 is 37.5. The van der Waals surface area contributed by atoms with Gasteiger partial charge in [-0.2, -0.15) is 13.2 Å². The van der Waals surface area contributed by atoms with Gasteiger partial charge in [-0.1, -0.05) is 6.92 Å². The SMILES string of the molecule is CCN1CCCC1CNC(=NC)NCc1nc(C(F)(F)F)cs1.I. The van der Waals surface area contributed by atoms with E-state index in [0.717, 1.165) is 42.8 Å². The first-order chi connectivity index (χ1) is 10.9. The van der Waals surface area contributed by atoms with Crippen LogP contribution in [0.5, 0.6) is 0 Å². The van der Waals surface area contributed by atoms with Gasteiger partial charge in [0.2, 0.25) is 0 Å². The summed E-state index contributed by atoms with van der Waals surface area (Å²) in [7, 11) is 1.64. The van der Waals surface area contributed by atoms with Crippen LogP contribution in [0.1, 0.15) is 30.5 Å². The number of hydrogen-bond donors (Lipinski definition) is 2. The quantitative estimate of drug-likeness (QED) is 0.389. The van der Waals surface area contributed by atoms with Crippen LogP contribution in [0.25, 0.3) is 0 Å². The van der Waals surface area contributed by atoms with Crippen LogP contribution in [-0.2, 0) is 12.7 Å². The largest absolute Gasteiger partial charge is 0.434 e.